The van der Waals surface area contributed by atoms with Gasteiger partial charge in [0.1, 0.15) is 5.82 Å². The molecule has 0 bridgehead atoms. The molecule has 0 saturated heterocycles. The van der Waals surface area contributed by atoms with Gasteiger partial charge >= 0.3 is 0 Å². The van der Waals surface area contributed by atoms with Crippen molar-refractivity contribution in [2.75, 3.05) is 13.6 Å². The molecule has 0 aliphatic heterocycles. The number of hydrogen-bond donors (Lipinski definition) is 0. The zero-order chi connectivity index (χ0) is 11.3. The van der Waals surface area contributed by atoms with Crippen molar-refractivity contribution in [3.8, 4) is 0 Å². The Morgan fingerprint density at radius 1 is 1.40 bits per heavy atom. The number of benzene rings is 1. The Kier molecular flexibility index (Phi) is 4.03. The highest BCUT2D eigenvalue weighted by Crippen LogP contribution is 2.04. The number of carbonyl (C=O) groups is 1. The summed E-state index contributed by atoms with van der Waals surface area (Å²) in [5.74, 6) is -0.216. The smallest absolute Gasteiger partial charge is 0.219 e. The van der Waals surface area contributed by atoms with Crippen LogP contribution in [-0.2, 0) is 4.79 Å². The van der Waals surface area contributed by atoms with Gasteiger partial charge in [-0.25, -0.2) is 4.39 Å². The van der Waals surface area contributed by atoms with Crippen LogP contribution in [0.5, 0.6) is 0 Å². The van der Waals surface area contributed by atoms with Crippen molar-refractivity contribution in [3.05, 3.63) is 41.7 Å². The standard InChI is InChI=1S/C12H14FNO/c1-10(15)14(2)9-3-4-11-5-7-12(13)8-6-11/h3-8H,9H2,1-2H3/b4-3+. The van der Waals surface area contributed by atoms with E-state index >= 15 is 0 Å². The molecule has 1 aromatic carbocycles. The average Bonchev–Trinajstić information content (AvgIpc) is 2.20. The number of carbonyl (C=O) groups excluding carboxylic acids is 1. The Morgan fingerprint density at radius 3 is 2.53 bits per heavy atom. The quantitative estimate of drug-likeness (QED) is 0.744. The molecule has 0 aliphatic rings. The minimum atomic E-state index is -0.243. The maximum atomic E-state index is 12.6. The van der Waals surface area contributed by atoms with Gasteiger partial charge in [0.05, 0.1) is 0 Å². The minimum absolute atomic E-state index is 0.0266. The molecule has 1 rings (SSSR count). The van der Waals surface area contributed by atoms with Crippen LogP contribution in [0.4, 0.5) is 4.39 Å². The lowest BCUT2D eigenvalue weighted by Gasteiger charge is -2.10. The Labute approximate surface area is 89.0 Å². The first-order chi connectivity index (χ1) is 7.09. The predicted octanol–water partition coefficient (Wildman–Crippen LogP) is 2.32. The summed E-state index contributed by atoms with van der Waals surface area (Å²) < 4.78 is 12.6. The topological polar surface area (TPSA) is 20.3 Å². The lowest BCUT2D eigenvalue weighted by Crippen LogP contribution is -2.23. The Morgan fingerprint density at radius 2 is 2.00 bits per heavy atom. The van der Waals surface area contributed by atoms with E-state index in [0.717, 1.165) is 5.56 Å². The van der Waals surface area contributed by atoms with Gasteiger partial charge in [-0.2, -0.15) is 0 Å². The van der Waals surface area contributed by atoms with Gasteiger partial charge in [-0.05, 0) is 17.7 Å². The van der Waals surface area contributed by atoms with Gasteiger partial charge in [-0.1, -0.05) is 24.3 Å². The predicted molar refractivity (Wildman–Crippen MR) is 58.7 cm³/mol. The third-order valence-corrected chi connectivity index (χ3v) is 2.10. The second-order valence-corrected chi connectivity index (χ2v) is 3.35. The van der Waals surface area contributed by atoms with E-state index in [-0.39, 0.29) is 11.7 Å². The fraction of sp³-hybridized carbons (Fsp3) is 0.250. The van der Waals surface area contributed by atoms with E-state index in [2.05, 4.69) is 0 Å². The van der Waals surface area contributed by atoms with Crippen LogP contribution in [0, 0.1) is 5.82 Å². The summed E-state index contributed by atoms with van der Waals surface area (Å²) in [5.41, 5.74) is 0.924. The molecule has 0 saturated carbocycles. The van der Waals surface area contributed by atoms with Crippen LogP contribution in [0.3, 0.4) is 0 Å². The molecule has 80 valence electrons. The molecule has 0 N–H and O–H groups in total. The van der Waals surface area contributed by atoms with Crippen molar-refractivity contribution < 1.29 is 9.18 Å². The summed E-state index contributed by atoms with van der Waals surface area (Å²) in [5, 5.41) is 0. The highest BCUT2D eigenvalue weighted by atomic mass is 19.1. The van der Waals surface area contributed by atoms with Gasteiger partial charge in [0.2, 0.25) is 5.91 Å². The highest BCUT2D eigenvalue weighted by Gasteiger charge is 1.97. The number of halogens is 1. The number of hydrogen-bond acceptors (Lipinski definition) is 1. The average molecular weight is 207 g/mol. The van der Waals surface area contributed by atoms with Gasteiger partial charge in [-0.15, -0.1) is 0 Å². The van der Waals surface area contributed by atoms with E-state index in [4.69, 9.17) is 0 Å². The SMILES string of the molecule is CC(=O)N(C)C/C=C/c1ccc(F)cc1. The fourth-order valence-corrected chi connectivity index (χ4v) is 1.05. The monoisotopic (exact) mass is 207 g/mol. The number of amides is 1. The van der Waals surface area contributed by atoms with Crippen LogP contribution < -0.4 is 0 Å². The maximum absolute atomic E-state index is 12.6. The molecular weight excluding hydrogens is 193 g/mol. The van der Waals surface area contributed by atoms with Crippen molar-refractivity contribution in [3.63, 3.8) is 0 Å². The molecule has 1 amide bonds. The molecule has 0 aliphatic carbocycles. The molecule has 0 spiro atoms. The molecular formula is C12H14FNO. The number of nitrogens with zero attached hydrogens (tertiary/aromatic N) is 1. The lowest BCUT2D eigenvalue weighted by atomic mass is 10.2. The van der Waals surface area contributed by atoms with Crippen molar-refractivity contribution in [1.82, 2.24) is 4.90 Å². The second kappa shape index (κ2) is 5.29. The summed E-state index contributed by atoms with van der Waals surface area (Å²) in [6, 6.07) is 6.21. The lowest BCUT2D eigenvalue weighted by molar-refractivity contribution is -0.127. The largest absolute Gasteiger partial charge is 0.342 e. The molecule has 0 aromatic heterocycles. The normalized spacial score (nSPS) is 10.6. The van der Waals surface area contributed by atoms with E-state index in [0.29, 0.717) is 6.54 Å². The van der Waals surface area contributed by atoms with Crippen LogP contribution in [0.2, 0.25) is 0 Å². The molecule has 3 heteroatoms. The summed E-state index contributed by atoms with van der Waals surface area (Å²) in [4.78, 5) is 12.5. The van der Waals surface area contributed by atoms with Crippen molar-refractivity contribution >= 4 is 12.0 Å². The second-order valence-electron chi connectivity index (χ2n) is 3.35. The summed E-state index contributed by atoms with van der Waals surface area (Å²) >= 11 is 0. The molecule has 2 nitrogen and oxygen atoms in total. The van der Waals surface area contributed by atoms with Crippen molar-refractivity contribution in [2.45, 2.75) is 6.92 Å². The van der Waals surface area contributed by atoms with Gasteiger partial charge in [-0.3, -0.25) is 4.79 Å². The van der Waals surface area contributed by atoms with E-state index in [1.54, 1.807) is 24.1 Å². The van der Waals surface area contributed by atoms with Gasteiger partial charge in [0, 0.05) is 20.5 Å². The minimum Gasteiger partial charge on any atom is -0.342 e. The van der Waals surface area contributed by atoms with E-state index in [9.17, 15) is 9.18 Å². The van der Waals surface area contributed by atoms with E-state index < -0.39 is 0 Å². The molecule has 0 atom stereocenters. The van der Waals surface area contributed by atoms with Crippen LogP contribution in [0.25, 0.3) is 6.08 Å². The van der Waals surface area contributed by atoms with Crippen LogP contribution in [0.1, 0.15) is 12.5 Å². The zero-order valence-corrected chi connectivity index (χ0v) is 8.90. The highest BCUT2D eigenvalue weighted by molar-refractivity contribution is 5.73. The molecule has 0 heterocycles. The van der Waals surface area contributed by atoms with Crippen LogP contribution >= 0.6 is 0 Å². The van der Waals surface area contributed by atoms with E-state index in [1.165, 1.54) is 19.1 Å². The molecule has 0 fully saturated rings. The maximum Gasteiger partial charge on any atom is 0.219 e. The van der Waals surface area contributed by atoms with Gasteiger partial charge in [0.25, 0.3) is 0 Å². The summed E-state index contributed by atoms with van der Waals surface area (Å²) in [7, 11) is 1.73. The fourth-order valence-electron chi connectivity index (χ4n) is 1.05. The van der Waals surface area contributed by atoms with Crippen LogP contribution in [0.15, 0.2) is 30.3 Å². The summed E-state index contributed by atoms with van der Waals surface area (Å²) in [6.45, 7) is 2.08. The first kappa shape index (κ1) is 11.4. The van der Waals surface area contributed by atoms with Crippen molar-refractivity contribution in [2.24, 2.45) is 0 Å². The Balaban J connectivity index is 2.51. The van der Waals surface area contributed by atoms with Gasteiger partial charge < -0.3 is 4.90 Å². The van der Waals surface area contributed by atoms with E-state index in [1.807, 2.05) is 12.2 Å². The summed E-state index contributed by atoms with van der Waals surface area (Å²) in [6.07, 6.45) is 3.73. The van der Waals surface area contributed by atoms with Gasteiger partial charge in [0.15, 0.2) is 0 Å². The zero-order valence-electron chi connectivity index (χ0n) is 8.90. The first-order valence-electron chi connectivity index (χ1n) is 4.73. The number of rotatable bonds is 3. The molecule has 0 radical (unpaired) electrons. The van der Waals surface area contributed by atoms with Crippen molar-refractivity contribution in [1.29, 1.82) is 0 Å². The Hall–Kier alpha value is -1.64. The Bertz CT molecular complexity index is 356. The molecule has 1 aromatic rings. The third kappa shape index (κ3) is 3.94. The number of likely N-dealkylation sites (N-methyl/N-ethyl adjacent to an activating group) is 1. The molecule has 0 unspecified atom stereocenters. The molecule has 15 heavy (non-hydrogen) atoms. The third-order valence-electron chi connectivity index (χ3n) is 2.10. The first-order valence-corrected chi connectivity index (χ1v) is 4.73. The van der Waals surface area contributed by atoms with Crippen LogP contribution in [-0.4, -0.2) is 24.4 Å².